The maximum absolute atomic E-state index is 13.5. The number of amides is 5. The molecule has 4 aliphatic rings. The van der Waals surface area contributed by atoms with Crippen LogP contribution in [0.1, 0.15) is 78.1 Å². The van der Waals surface area contributed by atoms with Crippen LogP contribution in [0.25, 0.3) is 22.3 Å². The average molecular weight is 911 g/mol. The second kappa shape index (κ2) is 20.4. The zero-order valence-electron chi connectivity index (χ0n) is 36.8. The van der Waals surface area contributed by atoms with E-state index in [-0.39, 0.29) is 30.7 Å². The quantitative estimate of drug-likeness (QED) is 0.0512. The minimum atomic E-state index is -0.966. The van der Waals surface area contributed by atoms with E-state index in [2.05, 4.69) is 25.1 Å². The Morgan fingerprint density at radius 3 is 2.41 bits per heavy atom. The van der Waals surface area contributed by atoms with Gasteiger partial charge in [-0.15, -0.1) is 11.8 Å². The third kappa shape index (κ3) is 9.88. The fourth-order valence-electron chi connectivity index (χ4n) is 9.29. The lowest BCUT2D eigenvalue weighted by Crippen LogP contribution is -2.54. The highest BCUT2D eigenvalue weighted by atomic mass is 32.2. The number of nitrogen functional groups attached to an aromatic ring is 1. The molecule has 0 saturated carbocycles. The molecule has 16 nitrogen and oxygen atoms in total. The van der Waals surface area contributed by atoms with E-state index in [1.807, 2.05) is 76.3 Å². The van der Waals surface area contributed by atoms with Crippen molar-refractivity contribution in [3.63, 3.8) is 0 Å². The first-order valence-corrected chi connectivity index (χ1v) is 23.9. The minimum absolute atomic E-state index is 0.00394. The number of nitrogens with zero attached hydrogens (tertiary/aromatic N) is 8. The van der Waals surface area contributed by atoms with Crippen molar-refractivity contribution in [1.29, 1.82) is 0 Å². The Hall–Kier alpha value is -6.43. The lowest BCUT2D eigenvalue weighted by atomic mass is 10.0. The Balaban J connectivity index is 0.690. The third-order valence-electron chi connectivity index (χ3n) is 12.8. The maximum atomic E-state index is 13.5. The van der Waals surface area contributed by atoms with E-state index in [0.717, 1.165) is 105 Å². The van der Waals surface area contributed by atoms with Crippen molar-refractivity contribution >= 4 is 58.1 Å². The molecule has 17 heteroatoms. The van der Waals surface area contributed by atoms with Crippen molar-refractivity contribution in [3.8, 4) is 22.8 Å². The third-order valence-corrected chi connectivity index (χ3v) is 14.0. The smallest absolute Gasteiger partial charge is 0.263 e. The normalized spacial score (nSPS) is 19.5. The monoisotopic (exact) mass is 910 g/mol. The van der Waals surface area contributed by atoms with Crippen LogP contribution in [0.15, 0.2) is 96.2 Å². The molecule has 5 amide bonds. The Morgan fingerprint density at radius 1 is 0.833 bits per heavy atom. The van der Waals surface area contributed by atoms with Crippen LogP contribution in [0, 0.1) is 0 Å². The number of benzene rings is 3. The summed E-state index contributed by atoms with van der Waals surface area (Å²) in [6, 6.07) is 21.6. The van der Waals surface area contributed by atoms with Crippen LogP contribution in [0.3, 0.4) is 0 Å². The molecular weight excluding hydrogens is 857 g/mol. The number of rotatable bonds is 16. The van der Waals surface area contributed by atoms with Gasteiger partial charge in [-0.3, -0.25) is 39.1 Å². The topological polar surface area (TPSA) is 189 Å². The van der Waals surface area contributed by atoms with Crippen molar-refractivity contribution in [2.45, 2.75) is 68.3 Å². The van der Waals surface area contributed by atoms with E-state index in [4.69, 9.17) is 15.6 Å². The lowest BCUT2D eigenvalue weighted by molar-refractivity contribution is -0.136. The fourth-order valence-corrected chi connectivity index (χ4v) is 10.4. The molecule has 3 aromatic carbocycles. The van der Waals surface area contributed by atoms with Gasteiger partial charge in [0.05, 0.1) is 22.6 Å². The number of piperidine rings is 2. The first-order valence-electron chi connectivity index (χ1n) is 22.9. The molecule has 2 aromatic heterocycles. The highest BCUT2D eigenvalue weighted by Crippen LogP contribution is 2.37. The van der Waals surface area contributed by atoms with E-state index in [9.17, 15) is 24.0 Å². The first kappa shape index (κ1) is 44.8. The fraction of sp³-hybridized carbons (Fsp3) is 0.388. The lowest BCUT2D eigenvalue weighted by Gasteiger charge is -2.34. The molecule has 3 fully saturated rings. The molecule has 66 heavy (non-hydrogen) atoms. The molecule has 0 radical (unpaired) electrons. The number of carbonyl (C=O) groups excluding carboxylic acids is 5. The molecule has 1 unspecified atom stereocenters. The van der Waals surface area contributed by atoms with Crippen molar-refractivity contribution in [3.05, 3.63) is 102 Å². The van der Waals surface area contributed by atoms with Crippen LogP contribution >= 0.6 is 11.8 Å². The number of likely N-dealkylation sites (tertiary alicyclic amines) is 1. The summed E-state index contributed by atoms with van der Waals surface area (Å²) in [5.74, 6) is 0.723. The SMILES string of the molecule is Nc1ncnc2c1c(-c1ccc(Oc3ccccc3)cc1)nn2[C@@H]1CCCN(C(=O)/C=C/CN2CCN(CCCCCCSc3cccc4c3C(=O)N(C3CCC(=O)NC3=O)C4=O)CC2)C1. The molecule has 2 atom stereocenters. The van der Waals surface area contributed by atoms with Crippen LogP contribution in [-0.2, 0) is 14.4 Å². The number of unbranched alkanes of at least 4 members (excludes halogenated alkanes) is 3. The van der Waals surface area contributed by atoms with Gasteiger partial charge in [-0.2, -0.15) is 5.10 Å². The average Bonchev–Trinajstić information content (AvgIpc) is 3.85. The molecule has 0 bridgehead atoms. The Morgan fingerprint density at radius 2 is 1.61 bits per heavy atom. The molecule has 9 rings (SSSR count). The van der Waals surface area contributed by atoms with E-state index >= 15 is 0 Å². The molecule has 5 aromatic rings. The van der Waals surface area contributed by atoms with Gasteiger partial charge in [0.1, 0.15) is 35.4 Å². The second-order valence-corrected chi connectivity index (χ2v) is 18.3. The van der Waals surface area contributed by atoms with Gasteiger partial charge in [0, 0.05) is 68.8 Å². The number of piperazine rings is 1. The van der Waals surface area contributed by atoms with Gasteiger partial charge in [0.2, 0.25) is 17.7 Å². The molecule has 6 heterocycles. The molecule has 3 N–H and O–H groups in total. The number of imide groups is 2. The number of nitrogens with two attached hydrogens (primary N) is 1. The number of anilines is 1. The second-order valence-electron chi connectivity index (χ2n) is 17.2. The van der Waals surface area contributed by atoms with Crippen LogP contribution in [0.5, 0.6) is 11.5 Å². The van der Waals surface area contributed by atoms with Gasteiger partial charge in [0.15, 0.2) is 5.65 Å². The number of hydrogen-bond donors (Lipinski definition) is 2. The maximum Gasteiger partial charge on any atom is 0.263 e. The molecule has 0 spiro atoms. The van der Waals surface area contributed by atoms with Crippen molar-refractivity contribution < 1.29 is 28.7 Å². The van der Waals surface area contributed by atoms with Crippen LogP contribution in [0.4, 0.5) is 5.82 Å². The highest BCUT2D eigenvalue weighted by molar-refractivity contribution is 7.99. The summed E-state index contributed by atoms with van der Waals surface area (Å²) in [5, 5.41) is 7.99. The van der Waals surface area contributed by atoms with Gasteiger partial charge < -0.3 is 20.3 Å². The molecule has 4 aliphatic heterocycles. The summed E-state index contributed by atoms with van der Waals surface area (Å²) >= 11 is 1.57. The highest BCUT2D eigenvalue weighted by Gasteiger charge is 2.45. The predicted molar refractivity (Wildman–Crippen MR) is 251 cm³/mol. The zero-order valence-corrected chi connectivity index (χ0v) is 37.7. The number of nitrogens with one attached hydrogen (secondary N) is 1. The number of fused-ring (bicyclic) bond motifs is 2. The first-order chi connectivity index (χ1) is 32.2. The minimum Gasteiger partial charge on any atom is -0.457 e. The summed E-state index contributed by atoms with van der Waals surface area (Å²) in [4.78, 5) is 81.6. The molecule has 0 aliphatic carbocycles. The van der Waals surface area contributed by atoms with Gasteiger partial charge in [-0.05, 0) is 92.9 Å². The summed E-state index contributed by atoms with van der Waals surface area (Å²) in [5.41, 5.74) is 9.33. The van der Waals surface area contributed by atoms with E-state index in [1.165, 1.54) is 6.33 Å². The molecule has 342 valence electrons. The number of aromatic nitrogens is 4. The summed E-state index contributed by atoms with van der Waals surface area (Å²) < 4.78 is 7.92. The molecular formula is C49H54N10O6S. The van der Waals surface area contributed by atoms with Crippen molar-refractivity contribution in [2.75, 3.05) is 63.8 Å². The Bertz CT molecular complexity index is 2630. The van der Waals surface area contributed by atoms with Crippen LogP contribution in [0.2, 0.25) is 0 Å². The summed E-state index contributed by atoms with van der Waals surface area (Å²) in [6.45, 7) is 6.88. The van der Waals surface area contributed by atoms with E-state index < -0.39 is 23.8 Å². The van der Waals surface area contributed by atoms with Gasteiger partial charge in [-0.1, -0.05) is 43.2 Å². The predicted octanol–water partition coefficient (Wildman–Crippen LogP) is 5.96. The van der Waals surface area contributed by atoms with Crippen molar-refractivity contribution in [2.24, 2.45) is 0 Å². The van der Waals surface area contributed by atoms with Crippen molar-refractivity contribution in [1.82, 2.24) is 44.7 Å². The van der Waals surface area contributed by atoms with Crippen LogP contribution < -0.4 is 15.8 Å². The largest absolute Gasteiger partial charge is 0.457 e. The standard InChI is InChI=1S/C49H54N10O6S/c50-45-43-44(33-17-19-36(20-18-33)65-35-12-4-3-5-13-35)54-59(46(43)52-32-51-45)34-11-9-25-57(31-34)41(61)16-10-24-56-28-26-55(27-29-56)23-6-1-2-7-30-66-39-15-8-14-37-42(39)49(64)58(48(37)63)38-21-22-40(60)53-47(38)62/h3-5,8,10,12-20,32,34,38H,1-2,6-7,9,11,21-31H2,(H2,50,51,52)(H,53,60,62)/b16-10+/t34-,38?/m1/s1. The van der Waals surface area contributed by atoms with Crippen LogP contribution in [-0.4, -0.2) is 133 Å². The van der Waals surface area contributed by atoms with Gasteiger partial charge in [-0.25, -0.2) is 14.6 Å². The van der Waals surface area contributed by atoms with Gasteiger partial charge >= 0.3 is 0 Å². The number of hydrogen-bond acceptors (Lipinski definition) is 13. The number of ether oxygens (including phenoxy) is 1. The number of para-hydroxylation sites is 1. The number of carbonyl (C=O) groups is 5. The Kier molecular flexibility index (Phi) is 13.8. The zero-order chi connectivity index (χ0) is 45.6. The Labute approximate surface area is 387 Å². The number of thioether (sulfide) groups is 1. The molecule has 3 saturated heterocycles. The van der Waals surface area contributed by atoms with Gasteiger partial charge in [0.25, 0.3) is 11.8 Å². The van der Waals surface area contributed by atoms with E-state index in [0.29, 0.717) is 52.5 Å². The summed E-state index contributed by atoms with van der Waals surface area (Å²) in [6.07, 6.45) is 11.4. The van der Waals surface area contributed by atoms with E-state index in [1.54, 1.807) is 30.0 Å². The summed E-state index contributed by atoms with van der Waals surface area (Å²) in [7, 11) is 0.